The maximum Gasteiger partial charge on any atom is 4.00 e. The van der Waals surface area contributed by atoms with E-state index in [4.69, 9.17) is 0 Å². The van der Waals surface area contributed by atoms with Gasteiger partial charge in [0.15, 0.2) is 0 Å². The fourth-order valence-electron chi connectivity index (χ4n) is 0. The normalized spacial score (nSPS) is 0. The van der Waals surface area contributed by atoms with Gasteiger partial charge in [-0.15, -0.1) is 0 Å². The van der Waals surface area contributed by atoms with Gasteiger partial charge in [-0.3, -0.25) is 0 Å². The molecule has 0 aromatic heterocycles. The van der Waals surface area contributed by atoms with Crippen LogP contribution in [-0.4, -0.2) is 45.5 Å². The van der Waals surface area contributed by atoms with E-state index in [9.17, 15) is 0 Å². The van der Waals surface area contributed by atoms with Gasteiger partial charge in [-0.2, -0.15) is 0 Å². The third kappa shape index (κ3) is 8.93. The molecule has 0 fully saturated rings. The van der Waals surface area contributed by atoms with Gasteiger partial charge in [-0.25, -0.2) is 0 Å². The summed E-state index contributed by atoms with van der Waals surface area (Å²) in [6.45, 7) is 0. The molecule has 0 atom stereocenters. The van der Waals surface area contributed by atoms with Crippen molar-refractivity contribution in [3.05, 3.63) is 0 Å². The van der Waals surface area contributed by atoms with Gasteiger partial charge >= 0.3 is 67.2 Å². The molecule has 20 valence electrons. The van der Waals surface area contributed by atoms with Gasteiger partial charge in [-0.1, -0.05) is 0 Å². The number of rotatable bonds is 0. The molecule has 0 N–H and O–H groups in total. The molecule has 4 heteroatoms. The summed E-state index contributed by atoms with van der Waals surface area (Å²) < 4.78 is 0. The molecule has 0 aromatic carbocycles. The quantitative estimate of drug-likeness (QED) is 0.411. The summed E-state index contributed by atoms with van der Waals surface area (Å²) in [6, 6.07) is 0. The summed E-state index contributed by atoms with van der Waals surface area (Å²) in [7, 11) is 0. The van der Waals surface area contributed by atoms with E-state index in [0.29, 0.717) is 0 Å². The molecular weight excluding hydrogens is 167 g/mol. The van der Waals surface area contributed by atoms with Crippen LogP contribution < -0.4 is 0 Å². The van der Waals surface area contributed by atoms with Gasteiger partial charge in [0.2, 0.25) is 0 Å². The third-order valence-electron chi connectivity index (χ3n) is 0. The van der Waals surface area contributed by atoms with E-state index >= 15 is 0 Å². The van der Waals surface area contributed by atoms with Gasteiger partial charge in [0.25, 0.3) is 0 Å². The number of hydrogen-bond donors (Lipinski definition) is 0. The van der Waals surface area contributed by atoms with E-state index < -0.39 is 0 Å². The molecule has 0 aliphatic carbocycles. The second-order valence-corrected chi connectivity index (χ2v) is 0. The molecule has 0 spiro atoms. The van der Waals surface area contributed by atoms with Gasteiger partial charge in [0.1, 0.15) is 0 Å². The van der Waals surface area contributed by atoms with E-state index in [1.165, 1.54) is 0 Å². The second-order valence-electron chi connectivity index (χ2n) is 0. The van der Waals surface area contributed by atoms with E-state index in [0.717, 1.165) is 0 Å². The van der Waals surface area contributed by atoms with Crippen molar-refractivity contribution in [2.45, 2.75) is 0 Å². The van der Waals surface area contributed by atoms with Crippen LogP contribution in [0.25, 0.3) is 0 Å². The van der Waals surface area contributed by atoms with Crippen LogP contribution in [0.1, 0.15) is 0 Å². The average Bonchev–Trinajstić information content (AvgIpc) is 0. The molecule has 0 aliphatic heterocycles. The van der Waals surface area contributed by atoms with E-state index in [1.807, 2.05) is 0 Å². The Bertz CT molecular complexity index is 6.00. The van der Waals surface area contributed by atoms with Crippen LogP contribution in [-0.2, 0) is 32.7 Å². The molecule has 4 heavy (non-hydrogen) atoms. The van der Waals surface area contributed by atoms with E-state index in [2.05, 4.69) is 0 Å². The predicted octanol–water partition coefficient (Wildman–Crippen LogP) is -1.16. The molecule has 0 aromatic rings. The molecule has 0 radical (unpaired) electrons. The molecule has 0 aliphatic rings. The number of hydrogen-bond acceptors (Lipinski definition) is 0. The van der Waals surface area contributed by atoms with Gasteiger partial charge in [-0.05, 0) is 0 Å². The summed E-state index contributed by atoms with van der Waals surface area (Å²) in [6.07, 6.45) is 0. The minimum Gasteiger partial charge on any atom is 4.00 e. The minimum atomic E-state index is 0. The average molecular weight is 170 g/mol. The topological polar surface area (TPSA) is 57.0 Å². The molecular formula is H2O2SrTi. The van der Waals surface area contributed by atoms with Crippen molar-refractivity contribution < 1.29 is 32.7 Å². The standard InChI is InChI=1S/2O.Sr.Ti.2H/q2*-2;;+4;;. The van der Waals surface area contributed by atoms with E-state index in [-0.39, 0.29) is 78.2 Å². The Kier molecular flexibility index (Phi) is 173. The Labute approximate surface area is 76.7 Å². The van der Waals surface area contributed by atoms with Crippen LogP contribution in [0.2, 0.25) is 0 Å². The van der Waals surface area contributed by atoms with Crippen LogP contribution in [0.3, 0.4) is 0 Å². The summed E-state index contributed by atoms with van der Waals surface area (Å²) in [4.78, 5) is 0. The minimum absolute atomic E-state index is 0. The Morgan fingerprint density at radius 3 is 0.750 bits per heavy atom. The Balaban J connectivity index is 0. The second kappa shape index (κ2) is 19.4. The van der Waals surface area contributed by atoms with Crippen LogP contribution in [0.5, 0.6) is 0 Å². The first-order chi connectivity index (χ1) is 0. The molecule has 0 unspecified atom stereocenters. The van der Waals surface area contributed by atoms with Crippen molar-refractivity contribution in [3.63, 3.8) is 0 Å². The maximum atomic E-state index is 0. The van der Waals surface area contributed by atoms with Crippen LogP contribution >= 0.6 is 0 Å². The van der Waals surface area contributed by atoms with E-state index in [1.54, 1.807) is 0 Å². The van der Waals surface area contributed by atoms with Crippen molar-refractivity contribution in [1.29, 1.82) is 0 Å². The van der Waals surface area contributed by atoms with Crippen molar-refractivity contribution in [3.8, 4) is 0 Å². The molecule has 0 saturated carbocycles. The van der Waals surface area contributed by atoms with Gasteiger partial charge in [0, 0.05) is 0 Å². The monoisotopic (exact) mass is 170 g/mol. The first-order valence-corrected chi connectivity index (χ1v) is 0. The zero-order valence-corrected chi connectivity index (χ0v) is 2.88. The molecule has 0 rings (SSSR count). The van der Waals surface area contributed by atoms with Gasteiger partial charge < -0.3 is 11.0 Å². The SMILES string of the molecule is [O-2].[O-2].[SrH2].[Ti+4]. The van der Waals surface area contributed by atoms with Crippen LogP contribution in [0.4, 0.5) is 0 Å². The van der Waals surface area contributed by atoms with Crippen molar-refractivity contribution in [1.82, 2.24) is 0 Å². The molecule has 0 bridgehead atoms. The zero-order chi connectivity index (χ0) is 0. The fourth-order valence-corrected chi connectivity index (χ4v) is 0. The largest absolute Gasteiger partial charge is 4.00 e. The Morgan fingerprint density at radius 2 is 0.750 bits per heavy atom. The first-order valence-electron chi connectivity index (χ1n) is 0. The van der Waals surface area contributed by atoms with Crippen LogP contribution in [0.15, 0.2) is 0 Å². The molecule has 0 amide bonds. The third-order valence-corrected chi connectivity index (χ3v) is 0. The zero-order valence-electron chi connectivity index (χ0n) is 1.32. The summed E-state index contributed by atoms with van der Waals surface area (Å²) in [5.74, 6) is 0. The summed E-state index contributed by atoms with van der Waals surface area (Å²) >= 11 is 0. The van der Waals surface area contributed by atoms with Crippen LogP contribution in [0, 0.1) is 0 Å². The smallest absolute Gasteiger partial charge is 4.00 e. The summed E-state index contributed by atoms with van der Waals surface area (Å²) in [5.41, 5.74) is 0. The van der Waals surface area contributed by atoms with Gasteiger partial charge in [0.05, 0.1) is 0 Å². The van der Waals surface area contributed by atoms with Crippen molar-refractivity contribution >= 4 is 45.5 Å². The fraction of sp³-hybridized carbons (Fsp3) is 0. The molecule has 0 heterocycles. The molecule has 2 nitrogen and oxygen atoms in total. The maximum absolute atomic E-state index is 0. The first kappa shape index (κ1) is 35.8. The molecule has 0 saturated heterocycles. The van der Waals surface area contributed by atoms with Crippen molar-refractivity contribution in [2.75, 3.05) is 0 Å². The Hall–Kier alpha value is 2.11. The van der Waals surface area contributed by atoms with Crippen molar-refractivity contribution in [2.24, 2.45) is 0 Å². The summed E-state index contributed by atoms with van der Waals surface area (Å²) in [5, 5.41) is 0. The Morgan fingerprint density at radius 1 is 0.750 bits per heavy atom. The predicted molar refractivity (Wildman–Crippen MR) is 9.92 cm³/mol.